The zero-order valence-electron chi connectivity index (χ0n) is 15.8. The summed E-state index contributed by atoms with van der Waals surface area (Å²) < 4.78 is 40.2. The Morgan fingerprint density at radius 1 is 1.17 bits per heavy atom. The van der Waals surface area contributed by atoms with Gasteiger partial charge in [-0.2, -0.15) is 13.2 Å². The second kappa shape index (κ2) is 9.18. The lowest BCUT2D eigenvalue weighted by Gasteiger charge is -2.25. The molecule has 1 aliphatic heterocycles. The van der Waals surface area contributed by atoms with Crippen molar-refractivity contribution in [2.75, 3.05) is 13.1 Å². The number of carbonyl (C=O) groups excluding carboxylic acids is 2. The number of halogens is 4. The topological polar surface area (TPSA) is 69.6 Å². The predicted octanol–water partition coefficient (Wildman–Crippen LogP) is 3.92. The molecule has 1 saturated heterocycles. The second-order valence-electron chi connectivity index (χ2n) is 7.01. The number of carbonyl (C=O) groups is 2. The van der Waals surface area contributed by atoms with Crippen LogP contribution in [0.15, 0.2) is 53.0 Å². The Hall–Kier alpha value is -2.39. The number of nitrogens with one attached hydrogen (secondary N) is 1. The number of benzene rings is 2. The fourth-order valence-electron chi connectivity index (χ4n) is 3.51. The summed E-state index contributed by atoms with van der Waals surface area (Å²) in [5.41, 5.74) is -0.809. The fourth-order valence-corrected chi connectivity index (χ4v) is 3.78. The highest BCUT2D eigenvalue weighted by molar-refractivity contribution is 9.10. The summed E-state index contributed by atoms with van der Waals surface area (Å²) in [6, 6.07) is 10.7. The number of nitrogens with zero attached hydrogens (tertiary/aromatic N) is 1. The number of alkyl halides is 3. The van der Waals surface area contributed by atoms with E-state index in [2.05, 4.69) is 21.2 Å². The van der Waals surface area contributed by atoms with Crippen molar-refractivity contribution in [3.63, 3.8) is 0 Å². The van der Waals surface area contributed by atoms with Gasteiger partial charge in [-0.05, 0) is 48.7 Å². The Morgan fingerprint density at radius 3 is 2.50 bits per heavy atom. The summed E-state index contributed by atoms with van der Waals surface area (Å²) >= 11 is 3.30. The van der Waals surface area contributed by atoms with Gasteiger partial charge in [0, 0.05) is 23.1 Å². The largest absolute Gasteiger partial charge is 0.416 e. The van der Waals surface area contributed by atoms with Gasteiger partial charge < -0.3 is 15.3 Å². The van der Waals surface area contributed by atoms with Gasteiger partial charge in [0.25, 0.3) is 5.91 Å². The van der Waals surface area contributed by atoms with Gasteiger partial charge in [-0.25, -0.2) is 0 Å². The molecule has 2 unspecified atom stereocenters. The van der Waals surface area contributed by atoms with Crippen LogP contribution in [0.2, 0.25) is 0 Å². The molecular formula is C21H20BrF3N2O3. The van der Waals surface area contributed by atoms with Gasteiger partial charge in [-0.3, -0.25) is 9.59 Å². The summed E-state index contributed by atoms with van der Waals surface area (Å²) in [5, 5.41) is 12.7. The molecule has 0 saturated carbocycles. The molecule has 2 N–H and O–H groups in total. The van der Waals surface area contributed by atoms with Crippen LogP contribution in [0, 0.1) is 0 Å². The maximum absolute atomic E-state index is 13.1. The van der Waals surface area contributed by atoms with Crippen molar-refractivity contribution in [3.05, 3.63) is 69.7 Å². The first-order valence-corrected chi connectivity index (χ1v) is 10.2. The lowest BCUT2D eigenvalue weighted by molar-refractivity contribution is -0.139. The normalized spacial score (nSPS) is 17.6. The third-order valence-electron chi connectivity index (χ3n) is 5.00. The van der Waals surface area contributed by atoms with E-state index in [1.165, 1.54) is 23.1 Å². The smallest absolute Gasteiger partial charge is 0.387 e. The Kier molecular flexibility index (Phi) is 6.82. The lowest BCUT2D eigenvalue weighted by Crippen LogP contribution is -2.46. The van der Waals surface area contributed by atoms with Crippen LogP contribution in [-0.4, -0.2) is 41.0 Å². The zero-order chi connectivity index (χ0) is 21.9. The summed E-state index contributed by atoms with van der Waals surface area (Å²) in [6.45, 7) is 0.0230. The minimum Gasteiger partial charge on any atom is -0.387 e. The second-order valence-corrected chi connectivity index (χ2v) is 7.93. The molecule has 5 nitrogen and oxygen atoms in total. The zero-order valence-corrected chi connectivity index (χ0v) is 17.4. The molecule has 2 aromatic carbocycles. The first-order valence-electron chi connectivity index (χ1n) is 9.37. The van der Waals surface area contributed by atoms with E-state index in [1.54, 1.807) is 24.3 Å². The molecule has 160 valence electrons. The first-order chi connectivity index (χ1) is 14.2. The van der Waals surface area contributed by atoms with Gasteiger partial charge in [0.1, 0.15) is 6.04 Å². The number of amides is 2. The molecule has 2 aromatic rings. The van der Waals surface area contributed by atoms with Gasteiger partial charge in [0.05, 0.1) is 11.7 Å². The molecule has 0 aromatic heterocycles. The van der Waals surface area contributed by atoms with Crippen molar-refractivity contribution in [1.82, 2.24) is 10.2 Å². The first kappa shape index (κ1) is 22.3. The van der Waals surface area contributed by atoms with Crippen LogP contribution in [0.25, 0.3) is 0 Å². The molecule has 0 bridgehead atoms. The van der Waals surface area contributed by atoms with Gasteiger partial charge in [0.2, 0.25) is 5.91 Å². The van der Waals surface area contributed by atoms with E-state index < -0.39 is 29.8 Å². The molecule has 0 spiro atoms. The van der Waals surface area contributed by atoms with Crippen LogP contribution in [0.4, 0.5) is 13.2 Å². The average Bonchev–Trinajstić information content (AvgIpc) is 3.21. The Morgan fingerprint density at radius 2 is 1.83 bits per heavy atom. The van der Waals surface area contributed by atoms with E-state index in [9.17, 15) is 27.9 Å². The van der Waals surface area contributed by atoms with Crippen molar-refractivity contribution >= 4 is 27.7 Å². The van der Waals surface area contributed by atoms with Gasteiger partial charge >= 0.3 is 6.18 Å². The molecule has 1 heterocycles. The molecule has 1 aliphatic rings. The van der Waals surface area contributed by atoms with Crippen LogP contribution in [0.3, 0.4) is 0 Å². The number of hydrogen-bond donors (Lipinski definition) is 2. The molecule has 3 rings (SSSR count). The SMILES string of the molecule is O=C(NCC(O)c1ccccc1C(F)(F)F)C1CCCN1C(=O)c1ccc(Br)cc1. The Labute approximate surface area is 180 Å². The summed E-state index contributed by atoms with van der Waals surface area (Å²) in [6.07, 6.45) is -5.05. The Bertz CT molecular complexity index is 918. The summed E-state index contributed by atoms with van der Waals surface area (Å²) in [5.74, 6) is -0.787. The molecular weight excluding hydrogens is 465 g/mol. The van der Waals surface area contributed by atoms with E-state index in [0.717, 1.165) is 10.5 Å². The molecule has 9 heteroatoms. The minimum absolute atomic E-state index is 0.289. The van der Waals surface area contributed by atoms with Crippen molar-refractivity contribution in [2.24, 2.45) is 0 Å². The third kappa shape index (κ3) is 5.02. The molecule has 2 atom stereocenters. The standard InChI is InChI=1S/C21H20BrF3N2O3/c22-14-9-7-13(8-10-14)20(30)27-11-3-6-17(27)19(29)26-12-18(28)15-4-1-2-5-16(15)21(23,24)25/h1-2,4-5,7-10,17-18,28H,3,6,11-12H2,(H,26,29). The van der Waals surface area contributed by atoms with Crippen LogP contribution in [-0.2, 0) is 11.0 Å². The highest BCUT2D eigenvalue weighted by Crippen LogP contribution is 2.34. The summed E-state index contributed by atoms with van der Waals surface area (Å²) in [4.78, 5) is 26.8. The number of likely N-dealkylation sites (tertiary alicyclic amines) is 1. The van der Waals surface area contributed by atoms with E-state index in [0.29, 0.717) is 24.9 Å². The van der Waals surface area contributed by atoms with E-state index >= 15 is 0 Å². The van der Waals surface area contributed by atoms with E-state index in [1.807, 2.05) is 0 Å². The van der Waals surface area contributed by atoms with Crippen LogP contribution in [0.1, 0.15) is 40.4 Å². The number of aliphatic hydroxyl groups excluding tert-OH is 1. The number of hydrogen-bond acceptors (Lipinski definition) is 3. The average molecular weight is 485 g/mol. The lowest BCUT2D eigenvalue weighted by atomic mass is 10.0. The molecule has 0 aliphatic carbocycles. The summed E-state index contributed by atoms with van der Waals surface area (Å²) in [7, 11) is 0. The molecule has 2 amide bonds. The third-order valence-corrected chi connectivity index (χ3v) is 5.53. The van der Waals surface area contributed by atoms with Gasteiger partial charge in [-0.15, -0.1) is 0 Å². The fraction of sp³-hybridized carbons (Fsp3) is 0.333. The number of rotatable bonds is 5. The number of aliphatic hydroxyl groups is 1. The highest BCUT2D eigenvalue weighted by atomic mass is 79.9. The molecule has 0 radical (unpaired) electrons. The van der Waals surface area contributed by atoms with Crippen molar-refractivity contribution < 1.29 is 27.9 Å². The predicted molar refractivity (Wildman–Crippen MR) is 108 cm³/mol. The Balaban J connectivity index is 1.66. The van der Waals surface area contributed by atoms with Crippen molar-refractivity contribution in [3.8, 4) is 0 Å². The maximum Gasteiger partial charge on any atom is 0.416 e. The monoisotopic (exact) mass is 484 g/mol. The highest BCUT2D eigenvalue weighted by Gasteiger charge is 2.36. The van der Waals surface area contributed by atoms with Gasteiger partial charge in [-0.1, -0.05) is 34.1 Å². The van der Waals surface area contributed by atoms with Crippen molar-refractivity contribution in [1.29, 1.82) is 0 Å². The molecule has 1 fully saturated rings. The van der Waals surface area contributed by atoms with E-state index in [4.69, 9.17) is 0 Å². The van der Waals surface area contributed by atoms with Crippen LogP contribution in [0.5, 0.6) is 0 Å². The van der Waals surface area contributed by atoms with Crippen LogP contribution >= 0.6 is 15.9 Å². The van der Waals surface area contributed by atoms with Crippen molar-refractivity contribution in [2.45, 2.75) is 31.2 Å². The van der Waals surface area contributed by atoms with Gasteiger partial charge in [0.15, 0.2) is 0 Å². The minimum atomic E-state index is -4.61. The molecule has 30 heavy (non-hydrogen) atoms. The van der Waals surface area contributed by atoms with Crippen LogP contribution < -0.4 is 5.32 Å². The van der Waals surface area contributed by atoms with E-state index in [-0.39, 0.29) is 18.0 Å². The quantitative estimate of drug-likeness (QED) is 0.675. The maximum atomic E-state index is 13.1.